The van der Waals surface area contributed by atoms with Crippen molar-refractivity contribution in [1.29, 1.82) is 0 Å². The van der Waals surface area contributed by atoms with Gasteiger partial charge in [0.25, 0.3) is 5.91 Å². The summed E-state index contributed by atoms with van der Waals surface area (Å²) in [5.41, 5.74) is 5.00. The average molecular weight is 201 g/mol. The third-order valence-corrected chi connectivity index (χ3v) is 3.01. The van der Waals surface area contributed by atoms with E-state index in [1.165, 1.54) is 23.1 Å². The normalized spacial score (nSPS) is 9.67. The van der Waals surface area contributed by atoms with Gasteiger partial charge < -0.3 is 5.73 Å². The summed E-state index contributed by atoms with van der Waals surface area (Å²) in [6, 6.07) is 0. The van der Waals surface area contributed by atoms with E-state index in [4.69, 9.17) is 5.73 Å². The van der Waals surface area contributed by atoms with Crippen LogP contribution in [0.2, 0.25) is 0 Å². The molecular weight excluding hydrogens is 194 g/mol. The van der Waals surface area contributed by atoms with Crippen LogP contribution in [0.5, 0.6) is 0 Å². The van der Waals surface area contributed by atoms with Crippen LogP contribution < -0.4 is 5.73 Å². The van der Waals surface area contributed by atoms with Gasteiger partial charge in [0.15, 0.2) is 4.34 Å². The van der Waals surface area contributed by atoms with Crippen molar-refractivity contribution in [2.45, 2.75) is 4.34 Å². The van der Waals surface area contributed by atoms with Crippen molar-refractivity contribution in [2.75, 3.05) is 5.75 Å². The first-order valence-electron chi connectivity index (χ1n) is 3.11. The van der Waals surface area contributed by atoms with Crippen LogP contribution in [0, 0.1) is 0 Å². The topological polar surface area (TPSA) is 68.9 Å². The van der Waals surface area contributed by atoms with Gasteiger partial charge in [-0.05, 0) is 0 Å². The van der Waals surface area contributed by atoms with Crippen LogP contribution in [-0.2, 0) is 0 Å². The van der Waals surface area contributed by atoms with E-state index in [0.29, 0.717) is 0 Å². The fourth-order valence-corrected chi connectivity index (χ4v) is 1.96. The lowest BCUT2D eigenvalue weighted by Gasteiger charge is -1.85. The predicted molar refractivity (Wildman–Crippen MR) is 49.3 cm³/mol. The Morgan fingerprint density at radius 1 is 1.75 bits per heavy atom. The van der Waals surface area contributed by atoms with Crippen LogP contribution in [0.4, 0.5) is 0 Å². The summed E-state index contributed by atoms with van der Waals surface area (Å²) in [6.07, 6.45) is 1.76. The smallest absolute Gasteiger partial charge is 0.279 e. The number of hydrogen-bond acceptors (Lipinski definition) is 5. The van der Waals surface area contributed by atoms with Crippen LogP contribution >= 0.6 is 23.1 Å². The Balaban J connectivity index is 2.64. The number of amides is 1. The Hall–Kier alpha value is -0.880. The molecule has 1 aromatic heterocycles. The van der Waals surface area contributed by atoms with Gasteiger partial charge in [0.2, 0.25) is 5.01 Å². The maximum absolute atomic E-state index is 10.6. The Bertz CT molecular complexity index is 297. The average Bonchev–Trinajstić information content (AvgIpc) is 2.48. The lowest BCUT2D eigenvalue weighted by atomic mass is 10.7. The molecule has 1 aromatic rings. The van der Waals surface area contributed by atoms with Gasteiger partial charge >= 0.3 is 0 Å². The molecule has 1 heterocycles. The minimum absolute atomic E-state index is 0.251. The van der Waals surface area contributed by atoms with E-state index in [9.17, 15) is 4.79 Å². The van der Waals surface area contributed by atoms with E-state index in [1.54, 1.807) is 6.08 Å². The van der Waals surface area contributed by atoms with Crippen molar-refractivity contribution in [3.05, 3.63) is 17.7 Å². The van der Waals surface area contributed by atoms with Crippen LogP contribution in [0.15, 0.2) is 17.0 Å². The molecule has 0 aliphatic rings. The first kappa shape index (κ1) is 9.21. The second kappa shape index (κ2) is 4.22. The first-order valence-corrected chi connectivity index (χ1v) is 4.91. The third-order valence-electron chi connectivity index (χ3n) is 0.942. The molecule has 0 spiro atoms. The van der Waals surface area contributed by atoms with E-state index < -0.39 is 5.91 Å². The van der Waals surface area contributed by atoms with Crippen molar-refractivity contribution in [3.8, 4) is 0 Å². The maximum Gasteiger partial charge on any atom is 0.279 e. The number of nitrogens with zero attached hydrogens (tertiary/aromatic N) is 2. The molecule has 0 bridgehead atoms. The summed E-state index contributed by atoms with van der Waals surface area (Å²) in [5.74, 6) is 0.228. The summed E-state index contributed by atoms with van der Waals surface area (Å²) >= 11 is 2.68. The first-order chi connectivity index (χ1) is 5.74. The number of primary amides is 1. The molecule has 2 N–H and O–H groups in total. The largest absolute Gasteiger partial charge is 0.363 e. The molecule has 0 fully saturated rings. The van der Waals surface area contributed by atoms with E-state index in [-0.39, 0.29) is 5.01 Å². The molecule has 0 aromatic carbocycles. The van der Waals surface area contributed by atoms with Crippen molar-refractivity contribution in [1.82, 2.24) is 10.2 Å². The zero-order valence-corrected chi connectivity index (χ0v) is 7.82. The number of rotatable bonds is 4. The number of carbonyl (C=O) groups is 1. The summed E-state index contributed by atoms with van der Waals surface area (Å²) in [6.45, 7) is 3.56. The number of nitrogens with two attached hydrogens (primary N) is 1. The highest BCUT2D eigenvalue weighted by molar-refractivity contribution is 8.01. The molecular formula is C6H7N3OS2. The monoisotopic (exact) mass is 201 g/mol. The fraction of sp³-hybridized carbons (Fsp3) is 0.167. The molecule has 64 valence electrons. The molecule has 4 nitrogen and oxygen atoms in total. The van der Waals surface area contributed by atoms with E-state index >= 15 is 0 Å². The Kier molecular flexibility index (Phi) is 3.24. The molecule has 6 heteroatoms. The molecule has 12 heavy (non-hydrogen) atoms. The van der Waals surface area contributed by atoms with Gasteiger partial charge in [-0.25, -0.2) is 0 Å². The summed E-state index contributed by atoms with van der Waals surface area (Å²) in [4.78, 5) is 10.6. The Labute approximate surface area is 77.9 Å². The molecule has 1 rings (SSSR count). The van der Waals surface area contributed by atoms with Gasteiger partial charge in [-0.2, -0.15) is 0 Å². The highest BCUT2D eigenvalue weighted by atomic mass is 32.2. The van der Waals surface area contributed by atoms with Gasteiger partial charge in [0.05, 0.1) is 0 Å². The lowest BCUT2D eigenvalue weighted by molar-refractivity contribution is 0.0999. The third kappa shape index (κ3) is 2.31. The molecule has 0 aliphatic carbocycles. The van der Waals surface area contributed by atoms with Crippen LogP contribution in [0.25, 0.3) is 0 Å². The summed E-state index contributed by atoms with van der Waals surface area (Å²) in [5, 5.41) is 7.62. The molecule has 0 saturated heterocycles. The second-order valence-electron chi connectivity index (χ2n) is 1.84. The molecule has 0 radical (unpaired) electrons. The van der Waals surface area contributed by atoms with Crippen molar-refractivity contribution in [3.63, 3.8) is 0 Å². The standard InChI is InChI=1S/C6H7N3OS2/c1-2-3-11-6-9-8-5(12-6)4(7)10/h2H,1,3H2,(H2,7,10). The molecule has 0 atom stereocenters. The number of hydrogen-bond donors (Lipinski definition) is 1. The minimum Gasteiger partial charge on any atom is -0.363 e. The van der Waals surface area contributed by atoms with E-state index in [2.05, 4.69) is 16.8 Å². The van der Waals surface area contributed by atoms with Crippen LogP contribution in [-0.4, -0.2) is 21.9 Å². The maximum atomic E-state index is 10.6. The lowest BCUT2D eigenvalue weighted by Crippen LogP contribution is -2.10. The molecule has 0 aliphatic heterocycles. The quantitative estimate of drug-likeness (QED) is 0.581. The Morgan fingerprint density at radius 3 is 3.00 bits per heavy atom. The number of carbonyl (C=O) groups excluding carboxylic acids is 1. The van der Waals surface area contributed by atoms with Crippen molar-refractivity contribution < 1.29 is 4.79 Å². The van der Waals surface area contributed by atoms with Crippen molar-refractivity contribution in [2.24, 2.45) is 5.73 Å². The number of thioether (sulfide) groups is 1. The highest BCUT2D eigenvalue weighted by Gasteiger charge is 2.07. The van der Waals surface area contributed by atoms with Gasteiger partial charge in [-0.1, -0.05) is 29.2 Å². The fourth-order valence-electron chi connectivity index (χ4n) is 0.498. The van der Waals surface area contributed by atoms with Gasteiger partial charge in [-0.15, -0.1) is 16.8 Å². The van der Waals surface area contributed by atoms with Crippen molar-refractivity contribution >= 4 is 29.0 Å². The molecule has 0 saturated carbocycles. The summed E-state index contributed by atoms with van der Waals surface area (Å²) in [7, 11) is 0. The Morgan fingerprint density at radius 2 is 2.50 bits per heavy atom. The SMILES string of the molecule is C=CCSc1nnc(C(N)=O)s1. The van der Waals surface area contributed by atoms with Gasteiger partial charge in [0.1, 0.15) is 0 Å². The van der Waals surface area contributed by atoms with Gasteiger partial charge in [0, 0.05) is 5.75 Å². The summed E-state index contributed by atoms with van der Waals surface area (Å²) < 4.78 is 0.740. The van der Waals surface area contributed by atoms with Crippen LogP contribution in [0.1, 0.15) is 9.80 Å². The minimum atomic E-state index is -0.530. The zero-order valence-electron chi connectivity index (χ0n) is 6.19. The molecule has 0 unspecified atom stereocenters. The highest BCUT2D eigenvalue weighted by Crippen LogP contribution is 2.21. The van der Waals surface area contributed by atoms with E-state index in [1.807, 2.05) is 0 Å². The van der Waals surface area contributed by atoms with Gasteiger partial charge in [-0.3, -0.25) is 4.79 Å². The molecule has 1 amide bonds. The second-order valence-corrected chi connectivity index (χ2v) is 4.08. The van der Waals surface area contributed by atoms with Crippen LogP contribution in [0.3, 0.4) is 0 Å². The van der Waals surface area contributed by atoms with E-state index in [0.717, 1.165) is 10.1 Å². The predicted octanol–water partition coefficient (Wildman–Crippen LogP) is 0.915. The number of aromatic nitrogens is 2. The zero-order chi connectivity index (χ0) is 8.97.